The third-order valence-corrected chi connectivity index (χ3v) is 4.37. The molecule has 0 aliphatic rings. The fraction of sp³-hybridized carbons (Fsp3) is 0.0870. The average molecular weight is 358 g/mol. The van der Waals surface area contributed by atoms with Crippen LogP contribution in [0.15, 0.2) is 88.1 Å². The molecule has 0 aliphatic carbocycles. The molecule has 0 aliphatic heterocycles. The summed E-state index contributed by atoms with van der Waals surface area (Å²) in [5.74, 6) is 1.45. The normalized spacial score (nSPS) is 10.7. The van der Waals surface area contributed by atoms with E-state index in [-0.39, 0.29) is 5.63 Å². The second-order valence-electron chi connectivity index (χ2n) is 6.14. The van der Waals surface area contributed by atoms with Gasteiger partial charge in [-0.1, -0.05) is 42.5 Å². The molecule has 0 bridgehead atoms. The van der Waals surface area contributed by atoms with E-state index in [1.54, 1.807) is 13.2 Å². The summed E-state index contributed by atoms with van der Waals surface area (Å²) in [5, 5.41) is 0.873. The quantitative estimate of drug-likeness (QED) is 0.469. The Bertz CT molecular complexity index is 1110. The van der Waals surface area contributed by atoms with Crippen LogP contribution in [-0.2, 0) is 6.61 Å². The minimum atomic E-state index is -0.381. The van der Waals surface area contributed by atoms with Gasteiger partial charge >= 0.3 is 5.63 Å². The first kappa shape index (κ1) is 16.9. The highest BCUT2D eigenvalue weighted by Gasteiger charge is 2.09. The van der Waals surface area contributed by atoms with Gasteiger partial charge in [0, 0.05) is 17.5 Å². The van der Waals surface area contributed by atoms with E-state index in [2.05, 4.69) is 0 Å². The first-order chi connectivity index (χ1) is 13.2. The molecule has 4 rings (SSSR count). The molecule has 27 heavy (non-hydrogen) atoms. The van der Waals surface area contributed by atoms with Crippen LogP contribution in [0.3, 0.4) is 0 Å². The number of hydrogen-bond acceptors (Lipinski definition) is 4. The number of benzene rings is 3. The summed E-state index contributed by atoms with van der Waals surface area (Å²) >= 11 is 0. The van der Waals surface area contributed by atoms with Gasteiger partial charge in [-0.25, -0.2) is 4.79 Å². The fourth-order valence-electron chi connectivity index (χ4n) is 2.98. The third-order valence-electron chi connectivity index (χ3n) is 4.37. The maximum absolute atomic E-state index is 12.0. The molecule has 0 saturated heterocycles. The van der Waals surface area contributed by atoms with Crippen molar-refractivity contribution < 1.29 is 13.9 Å². The first-order valence-corrected chi connectivity index (χ1v) is 8.62. The molecule has 0 atom stereocenters. The van der Waals surface area contributed by atoms with Crippen molar-refractivity contribution in [3.8, 4) is 22.6 Å². The molecule has 0 N–H and O–H groups in total. The first-order valence-electron chi connectivity index (χ1n) is 8.62. The highest BCUT2D eigenvalue weighted by Crippen LogP contribution is 2.29. The van der Waals surface area contributed by atoms with Gasteiger partial charge in [-0.3, -0.25) is 0 Å². The van der Waals surface area contributed by atoms with Crippen LogP contribution in [-0.4, -0.2) is 7.11 Å². The Morgan fingerprint density at radius 1 is 0.852 bits per heavy atom. The van der Waals surface area contributed by atoms with Crippen molar-refractivity contribution in [1.29, 1.82) is 0 Å². The minimum absolute atomic E-state index is 0.381. The van der Waals surface area contributed by atoms with Crippen molar-refractivity contribution in [1.82, 2.24) is 0 Å². The van der Waals surface area contributed by atoms with Crippen LogP contribution < -0.4 is 15.1 Å². The highest BCUT2D eigenvalue weighted by atomic mass is 16.5. The molecule has 4 aromatic rings. The minimum Gasteiger partial charge on any atom is -0.497 e. The monoisotopic (exact) mass is 358 g/mol. The molecule has 4 heteroatoms. The van der Waals surface area contributed by atoms with Gasteiger partial charge in [-0.05, 0) is 41.0 Å². The van der Waals surface area contributed by atoms with Gasteiger partial charge < -0.3 is 13.9 Å². The molecular weight excluding hydrogens is 340 g/mol. The van der Waals surface area contributed by atoms with Crippen molar-refractivity contribution in [3.05, 3.63) is 94.8 Å². The summed E-state index contributed by atoms with van der Waals surface area (Å²) in [5.41, 5.74) is 2.98. The third kappa shape index (κ3) is 3.70. The second-order valence-corrected chi connectivity index (χ2v) is 6.14. The van der Waals surface area contributed by atoms with E-state index >= 15 is 0 Å². The molecule has 1 heterocycles. The standard InChI is InChI=1S/C23H18O4/c1-25-18-9-7-16(8-10-18)15-26-19-11-12-20-21(17-5-3-2-4-6-17)14-23(24)27-22(20)13-19/h2-14H,15H2,1H3. The van der Waals surface area contributed by atoms with Crippen LogP contribution in [0.1, 0.15) is 5.56 Å². The maximum Gasteiger partial charge on any atom is 0.336 e. The van der Waals surface area contributed by atoms with Gasteiger partial charge in [0.15, 0.2) is 0 Å². The molecule has 1 aromatic heterocycles. The molecule has 0 amide bonds. The van der Waals surface area contributed by atoms with Gasteiger partial charge in [0.25, 0.3) is 0 Å². The Labute approximate surface area is 156 Å². The average Bonchev–Trinajstić information content (AvgIpc) is 2.72. The summed E-state index contributed by atoms with van der Waals surface area (Å²) in [4.78, 5) is 12.0. The summed E-state index contributed by atoms with van der Waals surface area (Å²) in [6.45, 7) is 0.415. The summed E-state index contributed by atoms with van der Waals surface area (Å²) in [6, 6.07) is 24.6. The van der Waals surface area contributed by atoms with Crippen molar-refractivity contribution >= 4 is 11.0 Å². The van der Waals surface area contributed by atoms with Gasteiger partial charge in [-0.15, -0.1) is 0 Å². The van der Waals surface area contributed by atoms with Crippen molar-refractivity contribution in [2.45, 2.75) is 6.61 Å². The van der Waals surface area contributed by atoms with Crippen LogP contribution in [0.25, 0.3) is 22.1 Å². The lowest BCUT2D eigenvalue weighted by Crippen LogP contribution is -1.99. The lowest BCUT2D eigenvalue weighted by Gasteiger charge is -2.09. The zero-order valence-corrected chi connectivity index (χ0v) is 14.8. The molecule has 0 radical (unpaired) electrons. The van der Waals surface area contributed by atoms with Crippen LogP contribution in [0.5, 0.6) is 11.5 Å². The lowest BCUT2D eigenvalue weighted by atomic mass is 10.0. The maximum atomic E-state index is 12.0. The molecule has 0 fully saturated rings. The second kappa shape index (κ2) is 7.38. The van der Waals surface area contributed by atoms with Crippen LogP contribution >= 0.6 is 0 Å². The Balaban J connectivity index is 1.63. The molecule has 0 spiro atoms. The zero-order chi connectivity index (χ0) is 18.6. The van der Waals surface area contributed by atoms with Gasteiger partial charge in [-0.2, -0.15) is 0 Å². The number of fused-ring (bicyclic) bond motifs is 1. The smallest absolute Gasteiger partial charge is 0.336 e. The Kier molecular flexibility index (Phi) is 4.62. The van der Waals surface area contributed by atoms with Crippen LogP contribution in [0, 0.1) is 0 Å². The molecule has 4 nitrogen and oxygen atoms in total. The number of methoxy groups -OCH3 is 1. The van der Waals surface area contributed by atoms with E-state index in [0.717, 1.165) is 27.8 Å². The van der Waals surface area contributed by atoms with Gasteiger partial charge in [0.2, 0.25) is 0 Å². The van der Waals surface area contributed by atoms with E-state index in [4.69, 9.17) is 13.9 Å². The highest BCUT2D eigenvalue weighted by molar-refractivity contribution is 5.93. The predicted molar refractivity (Wildman–Crippen MR) is 105 cm³/mol. The van der Waals surface area contributed by atoms with Crippen molar-refractivity contribution in [2.75, 3.05) is 7.11 Å². The number of hydrogen-bond donors (Lipinski definition) is 0. The topological polar surface area (TPSA) is 48.7 Å². The Morgan fingerprint density at radius 2 is 1.59 bits per heavy atom. The molecule has 3 aromatic carbocycles. The summed E-state index contributed by atoms with van der Waals surface area (Å²) in [6.07, 6.45) is 0. The molecule has 0 unspecified atom stereocenters. The predicted octanol–water partition coefficient (Wildman–Crippen LogP) is 5.05. The lowest BCUT2D eigenvalue weighted by molar-refractivity contribution is 0.306. The van der Waals surface area contributed by atoms with E-state index in [1.165, 1.54) is 6.07 Å². The fourth-order valence-corrected chi connectivity index (χ4v) is 2.98. The van der Waals surface area contributed by atoms with Crippen molar-refractivity contribution in [3.63, 3.8) is 0 Å². The van der Waals surface area contributed by atoms with E-state index < -0.39 is 0 Å². The number of rotatable bonds is 5. The Morgan fingerprint density at radius 3 is 2.33 bits per heavy atom. The van der Waals surface area contributed by atoms with E-state index in [1.807, 2.05) is 66.7 Å². The van der Waals surface area contributed by atoms with Crippen LogP contribution in [0.4, 0.5) is 0 Å². The summed E-state index contributed by atoms with van der Waals surface area (Å²) in [7, 11) is 1.64. The molecular formula is C23H18O4. The number of ether oxygens (including phenoxy) is 2. The van der Waals surface area contributed by atoms with E-state index in [0.29, 0.717) is 17.9 Å². The SMILES string of the molecule is COc1ccc(COc2ccc3c(-c4ccccc4)cc(=O)oc3c2)cc1. The van der Waals surface area contributed by atoms with Crippen LogP contribution in [0.2, 0.25) is 0 Å². The Hall–Kier alpha value is -3.53. The van der Waals surface area contributed by atoms with Gasteiger partial charge in [0.05, 0.1) is 7.11 Å². The zero-order valence-electron chi connectivity index (χ0n) is 14.8. The van der Waals surface area contributed by atoms with Gasteiger partial charge in [0.1, 0.15) is 23.7 Å². The largest absolute Gasteiger partial charge is 0.497 e. The molecule has 0 saturated carbocycles. The van der Waals surface area contributed by atoms with Crippen molar-refractivity contribution in [2.24, 2.45) is 0 Å². The molecule has 134 valence electrons. The van der Waals surface area contributed by atoms with E-state index in [9.17, 15) is 4.79 Å². The summed E-state index contributed by atoms with van der Waals surface area (Å²) < 4.78 is 16.4.